The molecule has 0 spiro atoms. The summed E-state index contributed by atoms with van der Waals surface area (Å²) >= 11 is 1.61. The van der Waals surface area contributed by atoms with Crippen LogP contribution in [0.25, 0.3) is 16.2 Å². The molecule has 6 heteroatoms. The first-order valence-corrected chi connectivity index (χ1v) is 8.37. The SMILES string of the molecule is COc1ccc(-c2cn3c4c(sc3n2)CCCC4C(=O)O)cc1. The largest absolute Gasteiger partial charge is 0.497 e. The Kier molecular flexibility index (Phi) is 3.34. The Labute approximate surface area is 137 Å². The highest BCUT2D eigenvalue weighted by molar-refractivity contribution is 7.17. The van der Waals surface area contributed by atoms with Crippen molar-refractivity contribution in [1.82, 2.24) is 9.38 Å². The number of nitrogens with zero attached hydrogens (tertiary/aromatic N) is 2. The Bertz CT molecular complexity index is 879. The third kappa shape index (κ3) is 2.30. The summed E-state index contributed by atoms with van der Waals surface area (Å²) in [6, 6.07) is 7.73. The zero-order valence-corrected chi connectivity index (χ0v) is 13.5. The number of ether oxygens (including phenoxy) is 1. The maximum Gasteiger partial charge on any atom is 0.312 e. The van der Waals surface area contributed by atoms with Gasteiger partial charge in [-0.05, 0) is 43.5 Å². The van der Waals surface area contributed by atoms with Crippen molar-refractivity contribution >= 4 is 22.3 Å². The average molecular weight is 328 g/mol. The van der Waals surface area contributed by atoms with Crippen LogP contribution in [-0.4, -0.2) is 27.6 Å². The number of hydrogen-bond donors (Lipinski definition) is 1. The third-order valence-corrected chi connectivity index (χ3v) is 5.47. The van der Waals surface area contributed by atoms with Gasteiger partial charge in [0.05, 0.1) is 24.4 Å². The van der Waals surface area contributed by atoms with Gasteiger partial charge in [-0.1, -0.05) is 0 Å². The molecule has 0 radical (unpaired) electrons. The van der Waals surface area contributed by atoms with Gasteiger partial charge in [-0.3, -0.25) is 9.20 Å². The molecule has 118 valence electrons. The first-order chi connectivity index (χ1) is 11.2. The molecule has 0 bridgehead atoms. The van der Waals surface area contributed by atoms with E-state index in [9.17, 15) is 9.90 Å². The second-order valence-corrected chi connectivity index (χ2v) is 6.76. The summed E-state index contributed by atoms with van der Waals surface area (Å²) in [5.41, 5.74) is 2.77. The van der Waals surface area contributed by atoms with Crippen molar-refractivity contribution in [3.05, 3.63) is 41.0 Å². The normalized spacial score (nSPS) is 17.2. The molecule has 0 aliphatic heterocycles. The van der Waals surface area contributed by atoms with Crippen molar-refractivity contribution in [3.63, 3.8) is 0 Å². The van der Waals surface area contributed by atoms with Crippen LogP contribution in [0.1, 0.15) is 29.3 Å². The Morgan fingerprint density at radius 1 is 1.39 bits per heavy atom. The molecular weight excluding hydrogens is 312 g/mol. The molecule has 23 heavy (non-hydrogen) atoms. The second kappa shape index (κ2) is 5.38. The van der Waals surface area contributed by atoms with Crippen molar-refractivity contribution in [2.75, 3.05) is 7.11 Å². The van der Waals surface area contributed by atoms with Gasteiger partial charge in [-0.15, -0.1) is 11.3 Å². The standard InChI is InChI=1S/C17H16N2O3S/c1-22-11-7-5-10(6-8-11)13-9-19-15-12(16(20)21)3-2-4-14(15)23-17(19)18-13/h5-9,12H,2-4H2,1H3,(H,20,21). The molecule has 1 aliphatic rings. The molecule has 3 aromatic rings. The summed E-state index contributed by atoms with van der Waals surface area (Å²) in [5, 5.41) is 9.50. The van der Waals surface area contributed by atoms with Crippen LogP contribution in [0.5, 0.6) is 5.75 Å². The topological polar surface area (TPSA) is 63.8 Å². The van der Waals surface area contributed by atoms with Gasteiger partial charge in [-0.25, -0.2) is 4.98 Å². The van der Waals surface area contributed by atoms with Crippen molar-refractivity contribution in [3.8, 4) is 17.0 Å². The van der Waals surface area contributed by atoms with Gasteiger partial charge in [0.2, 0.25) is 0 Å². The molecule has 1 N–H and O–H groups in total. The Morgan fingerprint density at radius 2 is 2.17 bits per heavy atom. The van der Waals surface area contributed by atoms with E-state index in [-0.39, 0.29) is 0 Å². The monoisotopic (exact) mass is 328 g/mol. The lowest BCUT2D eigenvalue weighted by atomic mass is 9.91. The molecule has 1 aromatic carbocycles. The maximum atomic E-state index is 11.6. The number of aliphatic carboxylic acids is 1. The van der Waals surface area contributed by atoms with Gasteiger partial charge in [0.25, 0.3) is 0 Å². The number of carboxylic acids is 1. The van der Waals surface area contributed by atoms with Crippen LogP contribution >= 0.6 is 11.3 Å². The molecule has 2 aromatic heterocycles. The third-order valence-electron chi connectivity index (χ3n) is 4.34. The number of carboxylic acid groups (broad SMARTS) is 1. The number of methoxy groups -OCH3 is 1. The molecule has 1 atom stereocenters. The molecular formula is C17H16N2O3S. The van der Waals surface area contributed by atoms with E-state index in [1.165, 1.54) is 0 Å². The molecule has 1 aliphatic carbocycles. The summed E-state index contributed by atoms with van der Waals surface area (Å²) in [4.78, 5) is 18.3. The average Bonchev–Trinajstić information content (AvgIpc) is 3.12. The molecule has 0 amide bonds. The van der Waals surface area contributed by atoms with Crippen LogP contribution in [0.3, 0.4) is 0 Å². The number of aryl methyl sites for hydroxylation is 1. The van der Waals surface area contributed by atoms with Crippen LogP contribution < -0.4 is 4.74 Å². The Hall–Kier alpha value is -2.34. The second-order valence-electron chi connectivity index (χ2n) is 5.70. The van der Waals surface area contributed by atoms with E-state index in [1.807, 2.05) is 34.9 Å². The number of rotatable bonds is 3. The van der Waals surface area contributed by atoms with Crippen LogP contribution in [0.15, 0.2) is 30.5 Å². The Balaban J connectivity index is 1.81. The lowest BCUT2D eigenvalue weighted by Crippen LogP contribution is -2.18. The fraction of sp³-hybridized carbons (Fsp3) is 0.294. The number of aromatic nitrogens is 2. The summed E-state index contributed by atoms with van der Waals surface area (Å²) in [5.74, 6) is -0.367. The predicted octanol–water partition coefficient (Wildman–Crippen LogP) is 3.58. The van der Waals surface area contributed by atoms with Gasteiger partial charge >= 0.3 is 5.97 Å². The smallest absolute Gasteiger partial charge is 0.312 e. The van der Waals surface area contributed by atoms with Crippen molar-refractivity contribution < 1.29 is 14.6 Å². The van der Waals surface area contributed by atoms with E-state index in [4.69, 9.17) is 4.74 Å². The summed E-state index contributed by atoms with van der Waals surface area (Å²) in [7, 11) is 1.64. The summed E-state index contributed by atoms with van der Waals surface area (Å²) in [6.45, 7) is 0. The number of fused-ring (bicyclic) bond motifs is 3. The highest BCUT2D eigenvalue weighted by Crippen LogP contribution is 2.38. The molecule has 2 heterocycles. The van der Waals surface area contributed by atoms with E-state index in [2.05, 4.69) is 4.98 Å². The van der Waals surface area contributed by atoms with Gasteiger partial charge in [0, 0.05) is 16.6 Å². The zero-order chi connectivity index (χ0) is 16.0. The fourth-order valence-electron chi connectivity index (χ4n) is 3.19. The minimum absolute atomic E-state index is 0.426. The van der Waals surface area contributed by atoms with E-state index < -0.39 is 11.9 Å². The van der Waals surface area contributed by atoms with E-state index in [0.717, 1.165) is 45.4 Å². The quantitative estimate of drug-likeness (QED) is 0.798. The van der Waals surface area contributed by atoms with Crippen LogP contribution in [0.2, 0.25) is 0 Å². The fourth-order valence-corrected chi connectivity index (χ4v) is 4.40. The highest BCUT2D eigenvalue weighted by Gasteiger charge is 2.31. The predicted molar refractivity (Wildman–Crippen MR) is 88.4 cm³/mol. The maximum absolute atomic E-state index is 11.6. The lowest BCUT2D eigenvalue weighted by molar-refractivity contribution is -0.139. The lowest BCUT2D eigenvalue weighted by Gasteiger charge is -2.18. The van der Waals surface area contributed by atoms with Crippen LogP contribution in [0.4, 0.5) is 0 Å². The van der Waals surface area contributed by atoms with Crippen molar-refractivity contribution in [2.24, 2.45) is 0 Å². The molecule has 1 unspecified atom stereocenters. The van der Waals surface area contributed by atoms with Crippen LogP contribution in [0, 0.1) is 0 Å². The highest BCUT2D eigenvalue weighted by atomic mass is 32.1. The number of benzene rings is 1. The molecule has 5 nitrogen and oxygen atoms in total. The molecule has 0 saturated heterocycles. The van der Waals surface area contributed by atoms with Gasteiger partial charge < -0.3 is 9.84 Å². The molecule has 0 saturated carbocycles. The number of thiazole rings is 1. The number of imidazole rings is 1. The van der Waals surface area contributed by atoms with E-state index in [0.29, 0.717) is 6.42 Å². The Morgan fingerprint density at radius 3 is 2.87 bits per heavy atom. The van der Waals surface area contributed by atoms with Gasteiger partial charge in [-0.2, -0.15) is 0 Å². The molecule has 4 rings (SSSR count). The van der Waals surface area contributed by atoms with Crippen molar-refractivity contribution in [2.45, 2.75) is 25.2 Å². The van der Waals surface area contributed by atoms with Crippen LogP contribution in [-0.2, 0) is 11.2 Å². The van der Waals surface area contributed by atoms with Gasteiger partial charge in [0.15, 0.2) is 4.96 Å². The van der Waals surface area contributed by atoms with Gasteiger partial charge in [0.1, 0.15) is 5.75 Å². The van der Waals surface area contributed by atoms with E-state index >= 15 is 0 Å². The minimum atomic E-state index is -0.745. The number of hydrogen-bond acceptors (Lipinski definition) is 4. The number of carbonyl (C=O) groups is 1. The zero-order valence-electron chi connectivity index (χ0n) is 12.7. The first kappa shape index (κ1) is 14.3. The minimum Gasteiger partial charge on any atom is -0.497 e. The summed E-state index contributed by atoms with van der Waals surface area (Å²) < 4.78 is 7.14. The summed E-state index contributed by atoms with van der Waals surface area (Å²) in [6.07, 6.45) is 4.53. The van der Waals surface area contributed by atoms with E-state index in [1.54, 1.807) is 18.4 Å². The van der Waals surface area contributed by atoms with Crippen molar-refractivity contribution in [1.29, 1.82) is 0 Å². The first-order valence-electron chi connectivity index (χ1n) is 7.55. The molecule has 0 fully saturated rings.